The Bertz CT molecular complexity index is 741. The number of anilines is 1. The number of rotatable bonds is 5. The van der Waals surface area contributed by atoms with Crippen LogP contribution in [-0.4, -0.2) is 18.5 Å². The van der Waals surface area contributed by atoms with Crippen LogP contribution in [0, 0.1) is 12.7 Å². The summed E-state index contributed by atoms with van der Waals surface area (Å²) in [6.07, 6.45) is 2.84. The van der Waals surface area contributed by atoms with Gasteiger partial charge in [-0.05, 0) is 30.7 Å². The van der Waals surface area contributed by atoms with Crippen molar-refractivity contribution in [1.82, 2.24) is 0 Å². The molecule has 0 unspecified atom stereocenters. The van der Waals surface area contributed by atoms with Gasteiger partial charge >= 0.3 is 5.97 Å². The van der Waals surface area contributed by atoms with Crippen LogP contribution in [0.5, 0.6) is 0 Å². The maximum Gasteiger partial charge on any atom is 0.331 e. The molecule has 4 nitrogen and oxygen atoms in total. The van der Waals surface area contributed by atoms with Crippen molar-refractivity contribution in [1.29, 1.82) is 0 Å². The van der Waals surface area contributed by atoms with Crippen LogP contribution in [0.15, 0.2) is 54.6 Å². The molecular weight excluding hydrogens is 297 g/mol. The van der Waals surface area contributed by atoms with Crippen LogP contribution in [0.1, 0.15) is 11.1 Å². The Morgan fingerprint density at radius 1 is 1.17 bits per heavy atom. The Balaban J connectivity index is 1.82. The second-order valence-electron chi connectivity index (χ2n) is 4.88. The fraction of sp³-hybridized carbons (Fsp3) is 0.111. The van der Waals surface area contributed by atoms with Crippen LogP contribution in [0.25, 0.3) is 6.08 Å². The summed E-state index contributed by atoms with van der Waals surface area (Å²) in [4.78, 5) is 23.2. The first-order chi connectivity index (χ1) is 11.0. The highest BCUT2D eigenvalue weighted by atomic mass is 19.1. The Hall–Kier alpha value is -2.95. The lowest BCUT2D eigenvalue weighted by Gasteiger charge is -2.06. The van der Waals surface area contributed by atoms with Crippen molar-refractivity contribution < 1.29 is 18.7 Å². The third kappa shape index (κ3) is 5.39. The zero-order valence-corrected chi connectivity index (χ0v) is 12.6. The molecule has 0 spiro atoms. The van der Waals surface area contributed by atoms with E-state index >= 15 is 0 Å². The molecule has 0 aliphatic heterocycles. The Kier molecular flexibility index (Phi) is 5.63. The van der Waals surface area contributed by atoms with Crippen molar-refractivity contribution in [3.8, 4) is 0 Å². The number of para-hydroxylation sites is 1. The van der Waals surface area contributed by atoms with E-state index in [1.54, 1.807) is 12.1 Å². The normalized spacial score (nSPS) is 10.5. The highest BCUT2D eigenvalue weighted by Crippen LogP contribution is 2.12. The van der Waals surface area contributed by atoms with E-state index in [0.717, 1.165) is 11.1 Å². The number of esters is 1. The Morgan fingerprint density at radius 3 is 2.70 bits per heavy atom. The first kappa shape index (κ1) is 16.4. The molecule has 0 atom stereocenters. The third-order valence-corrected chi connectivity index (χ3v) is 2.95. The fourth-order valence-electron chi connectivity index (χ4n) is 1.87. The molecule has 0 radical (unpaired) electrons. The minimum atomic E-state index is -0.643. The van der Waals surface area contributed by atoms with Crippen molar-refractivity contribution in [3.63, 3.8) is 0 Å². The molecule has 0 saturated carbocycles. The standard InChI is InChI=1S/C18H16FNO3/c1-13-5-4-6-14(11-13)9-10-18(22)23-12-17(21)20-16-8-3-2-7-15(16)19/h2-11H,12H2,1H3,(H,20,21)/b10-9+. The van der Waals surface area contributed by atoms with Gasteiger partial charge in [-0.25, -0.2) is 9.18 Å². The molecule has 0 bridgehead atoms. The minimum absolute atomic E-state index is 0.0452. The molecule has 2 rings (SSSR count). The fourth-order valence-corrected chi connectivity index (χ4v) is 1.87. The van der Waals surface area contributed by atoms with E-state index < -0.39 is 24.3 Å². The van der Waals surface area contributed by atoms with Gasteiger partial charge in [-0.2, -0.15) is 0 Å². The van der Waals surface area contributed by atoms with Gasteiger partial charge in [-0.3, -0.25) is 4.79 Å². The maximum absolute atomic E-state index is 13.4. The second kappa shape index (κ2) is 7.89. The van der Waals surface area contributed by atoms with E-state index in [4.69, 9.17) is 4.74 Å². The van der Waals surface area contributed by atoms with E-state index in [2.05, 4.69) is 5.32 Å². The molecule has 0 fully saturated rings. The quantitative estimate of drug-likeness (QED) is 0.680. The zero-order chi connectivity index (χ0) is 16.7. The largest absolute Gasteiger partial charge is 0.452 e. The van der Waals surface area contributed by atoms with E-state index in [9.17, 15) is 14.0 Å². The van der Waals surface area contributed by atoms with Crippen molar-refractivity contribution in [2.75, 3.05) is 11.9 Å². The third-order valence-electron chi connectivity index (χ3n) is 2.95. The first-order valence-electron chi connectivity index (χ1n) is 7.00. The lowest BCUT2D eigenvalue weighted by Crippen LogP contribution is -2.20. The highest BCUT2D eigenvalue weighted by molar-refractivity contribution is 5.94. The van der Waals surface area contributed by atoms with Crippen LogP contribution >= 0.6 is 0 Å². The zero-order valence-electron chi connectivity index (χ0n) is 12.6. The van der Waals surface area contributed by atoms with Gasteiger partial charge in [0.1, 0.15) is 5.82 Å². The number of halogens is 1. The maximum atomic E-state index is 13.4. The summed E-state index contributed by atoms with van der Waals surface area (Å²) in [5.74, 6) is -1.80. The summed E-state index contributed by atoms with van der Waals surface area (Å²) in [6.45, 7) is 1.47. The lowest BCUT2D eigenvalue weighted by atomic mass is 10.1. The van der Waals surface area contributed by atoms with E-state index in [1.165, 1.54) is 24.3 Å². The SMILES string of the molecule is Cc1cccc(/C=C/C(=O)OCC(=O)Nc2ccccc2F)c1. The molecule has 0 heterocycles. The number of ether oxygens (including phenoxy) is 1. The van der Waals surface area contributed by atoms with Crippen LogP contribution in [-0.2, 0) is 14.3 Å². The summed E-state index contributed by atoms with van der Waals surface area (Å²) in [6, 6.07) is 13.3. The summed E-state index contributed by atoms with van der Waals surface area (Å²) in [5, 5.41) is 2.33. The van der Waals surface area contributed by atoms with Crippen LogP contribution in [0.3, 0.4) is 0 Å². The number of aryl methyl sites for hydroxylation is 1. The number of hydrogen-bond acceptors (Lipinski definition) is 3. The number of carbonyl (C=O) groups is 2. The van der Waals surface area contributed by atoms with E-state index in [-0.39, 0.29) is 5.69 Å². The van der Waals surface area contributed by atoms with Crippen molar-refractivity contribution in [2.45, 2.75) is 6.92 Å². The molecule has 118 valence electrons. The van der Waals surface area contributed by atoms with Gasteiger partial charge in [0.15, 0.2) is 6.61 Å². The van der Waals surface area contributed by atoms with Crippen LogP contribution < -0.4 is 5.32 Å². The summed E-state index contributed by atoms with van der Waals surface area (Å²) in [7, 11) is 0. The molecule has 5 heteroatoms. The average molecular weight is 313 g/mol. The molecule has 0 saturated heterocycles. The summed E-state index contributed by atoms with van der Waals surface area (Å²) in [5.41, 5.74) is 1.98. The monoisotopic (exact) mass is 313 g/mol. The minimum Gasteiger partial charge on any atom is -0.452 e. The smallest absolute Gasteiger partial charge is 0.331 e. The van der Waals surface area contributed by atoms with E-state index in [1.807, 2.05) is 31.2 Å². The predicted octanol–water partition coefficient (Wildman–Crippen LogP) is 3.33. The number of nitrogens with one attached hydrogen (secondary N) is 1. The van der Waals surface area contributed by atoms with Crippen LogP contribution in [0.4, 0.5) is 10.1 Å². The lowest BCUT2D eigenvalue weighted by molar-refractivity contribution is -0.142. The molecule has 0 aliphatic rings. The predicted molar refractivity (Wildman–Crippen MR) is 86.2 cm³/mol. The Morgan fingerprint density at radius 2 is 1.96 bits per heavy atom. The number of carbonyl (C=O) groups excluding carboxylic acids is 2. The van der Waals surface area contributed by atoms with Crippen molar-refractivity contribution in [2.24, 2.45) is 0 Å². The van der Waals surface area contributed by atoms with Gasteiger partial charge in [0.25, 0.3) is 5.91 Å². The molecular formula is C18H16FNO3. The molecule has 2 aromatic rings. The molecule has 2 aromatic carbocycles. The number of benzene rings is 2. The highest BCUT2D eigenvalue weighted by Gasteiger charge is 2.08. The van der Waals surface area contributed by atoms with E-state index in [0.29, 0.717) is 0 Å². The number of hydrogen-bond donors (Lipinski definition) is 1. The average Bonchev–Trinajstić information content (AvgIpc) is 2.53. The molecule has 1 N–H and O–H groups in total. The summed E-state index contributed by atoms with van der Waals surface area (Å²) < 4.78 is 18.2. The van der Waals surface area contributed by atoms with Gasteiger partial charge in [-0.15, -0.1) is 0 Å². The Labute approximate surface area is 133 Å². The molecule has 23 heavy (non-hydrogen) atoms. The number of amides is 1. The van der Waals surface area contributed by atoms with Gasteiger partial charge in [-0.1, -0.05) is 42.0 Å². The molecule has 0 aliphatic carbocycles. The first-order valence-corrected chi connectivity index (χ1v) is 7.00. The van der Waals surface area contributed by atoms with Gasteiger partial charge < -0.3 is 10.1 Å². The van der Waals surface area contributed by atoms with Gasteiger partial charge in [0, 0.05) is 6.08 Å². The summed E-state index contributed by atoms with van der Waals surface area (Å²) >= 11 is 0. The van der Waals surface area contributed by atoms with Crippen molar-refractivity contribution in [3.05, 3.63) is 71.6 Å². The topological polar surface area (TPSA) is 55.4 Å². The second-order valence-corrected chi connectivity index (χ2v) is 4.88. The molecule has 0 aromatic heterocycles. The van der Waals surface area contributed by atoms with Gasteiger partial charge in [0.2, 0.25) is 0 Å². The van der Waals surface area contributed by atoms with Gasteiger partial charge in [0.05, 0.1) is 5.69 Å². The van der Waals surface area contributed by atoms with Crippen molar-refractivity contribution >= 4 is 23.6 Å². The molecule has 1 amide bonds. The van der Waals surface area contributed by atoms with Crippen LogP contribution in [0.2, 0.25) is 0 Å².